The molecule has 1 aromatic heterocycles. The standard InChI is InChI=1S/C22H27NO4S/c1-13(2)15-7-9-16(10-8-15)17-12-28-21(19(17)22(25)27-14(3)4)23-20(24)18-6-5-11-26-18/h7-10,12-14,18H,5-6,11H2,1-4H3,(H,23,24)/t18-/m0/s1. The minimum Gasteiger partial charge on any atom is -0.459 e. The Morgan fingerprint density at radius 1 is 1.18 bits per heavy atom. The summed E-state index contributed by atoms with van der Waals surface area (Å²) in [6, 6.07) is 8.16. The number of esters is 1. The van der Waals surface area contributed by atoms with Crippen LogP contribution < -0.4 is 5.32 Å². The maximum Gasteiger partial charge on any atom is 0.342 e. The van der Waals surface area contributed by atoms with Crippen LogP contribution in [0.25, 0.3) is 11.1 Å². The predicted molar refractivity (Wildman–Crippen MR) is 112 cm³/mol. The highest BCUT2D eigenvalue weighted by atomic mass is 32.1. The van der Waals surface area contributed by atoms with E-state index in [-0.39, 0.29) is 12.0 Å². The third-order valence-corrected chi connectivity index (χ3v) is 5.58. The largest absolute Gasteiger partial charge is 0.459 e. The molecule has 6 heteroatoms. The topological polar surface area (TPSA) is 64.6 Å². The third-order valence-electron chi connectivity index (χ3n) is 4.69. The number of carbonyl (C=O) groups excluding carboxylic acids is 2. The number of nitrogens with one attached hydrogen (secondary N) is 1. The molecule has 28 heavy (non-hydrogen) atoms. The predicted octanol–water partition coefficient (Wildman–Crippen LogP) is 5.22. The van der Waals surface area contributed by atoms with Gasteiger partial charge in [-0.3, -0.25) is 4.79 Å². The highest BCUT2D eigenvalue weighted by Crippen LogP contribution is 2.37. The van der Waals surface area contributed by atoms with Crippen molar-refractivity contribution in [3.05, 3.63) is 40.8 Å². The van der Waals surface area contributed by atoms with Crippen molar-refractivity contribution in [3.63, 3.8) is 0 Å². The van der Waals surface area contributed by atoms with Crippen LogP contribution >= 0.6 is 11.3 Å². The first-order chi connectivity index (χ1) is 13.4. The van der Waals surface area contributed by atoms with Crippen molar-refractivity contribution in [1.29, 1.82) is 0 Å². The Hall–Kier alpha value is -2.18. The fraction of sp³-hybridized carbons (Fsp3) is 0.455. The molecule has 1 atom stereocenters. The molecule has 0 bridgehead atoms. The van der Waals surface area contributed by atoms with Gasteiger partial charge in [-0.2, -0.15) is 0 Å². The molecule has 1 aromatic carbocycles. The van der Waals surface area contributed by atoms with E-state index >= 15 is 0 Å². The van der Waals surface area contributed by atoms with Crippen LogP contribution in [0.1, 0.15) is 62.4 Å². The lowest BCUT2D eigenvalue weighted by Gasteiger charge is -2.13. The number of anilines is 1. The molecule has 150 valence electrons. The SMILES string of the molecule is CC(C)OC(=O)c1c(-c2ccc(C(C)C)cc2)csc1NC(=O)[C@@H]1CCCO1. The summed E-state index contributed by atoms with van der Waals surface area (Å²) < 4.78 is 10.9. The van der Waals surface area contributed by atoms with Gasteiger partial charge in [0.05, 0.1) is 6.10 Å². The molecule has 5 nitrogen and oxygen atoms in total. The van der Waals surface area contributed by atoms with Crippen LogP contribution in [0, 0.1) is 0 Å². The van der Waals surface area contributed by atoms with Crippen molar-refractivity contribution in [1.82, 2.24) is 0 Å². The summed E-state index contributed by atoms with van der Waals surface area (Å²) >= 11 is 1.34. The quantitative estimate of drug-likeness (QED) is 0.674. The summed E-state index contributed by atoms with van der Waals surface area (Å²) in [6.45, 7) is 8.50. The van der Waals surface area contributed by atoms with E-state index in [1.165, 1.54) is 16.9 Å². The monoisotopic (exact) mass is 401 g/mol. The van der Waals surface area contributed by atoms with Gasteiger partial charge in [-0.25, -0.2) is 4.79 Å². The third kappa shape index (κ3) is 4.62. The molecule has 1 N–H and O–H groups in total. The number of thiophene rings is 1. The van der Waals surface area contributed by atoms with E-state index in [0.717, 1.165) is 17.5 Å². The second-order valence-corrected chi connectivity index (χ2v) is 8.45. The molecule has 2 heterocycles. The zero-order chi connectivity index (χ0) is 20.3. The van der Waals surface area contributed by atoms with Gasteiger partial charge in [0.15, 0.2) is 0 Å². The summed E-state index contributed by atoms with van der Waals surface area (Å²) in [6.07, 6.45) is 0.875. The van der Waals surface area contributed by atoms with E-state index < -0.39 is 12.1 Å². The zero-order valence-corrected chi connectivity index (χ0v) is 17.6. The van der Waals surface area contributed by atoms with Gasteiger partial charge in [0.25, 0.3) is 5.91 Å². The maximum atomic E-state index is 12.8. The van der Waals surface area contributed by atoms with Gasteiger partial charge in [-0.1, -0.05) is 38.1 Å². The molecule has 3 rings (SSSR count). The van der Waals surface area contributed by atoms with E-state index in [1.807, 2.05) is 31.4 Å². The van der Waals surface area contributed by atoms with Crippen LogP contribution in [-0.2, 0) is 14.3 Å². The molecule has 2 aromatic rings. The molecule has 1 aliphatic rings. The maximum absolute atomic E-state index is 12.8. The van der Waals surface area contributed by atoms with Crippen LogP contribution in [0.5, 0.6) is 0 Å². The highest BCUT2D eigenvalue weighted by molar-refractivity contribution is 7.15. The van der Waals surface area contributed by atoms with Gasteiger partial charge in [-0.05, 0) is 43.7 Å². The first-order valence-corrected chi connectivity index (χ1v) is 10.6. The minimum absolute atomic E-state index is 0.209. The average molecular weight is 402 g/mol. The number of rotatable bonds is 6. The van der Waals surface area contributed by atoms with Crippen LogP contribution in [0.2, 0.25) is 0 Å². The molecule has 1 amide bonds. The first kappa shape index (κ1) is 20.6. The lowest BCUT2D eigenvalue weighted by Crippen LogP contribution is -2.27. The van der Waals surface area contributed by atoms with E-state index in [2.05, 4.69) is 31.3 Å². The van der Waals surface area contributed by atoms with E-state index in [4.69, 9.17) is 9.47 Å². The molecule has 0 spiro atoms. The van der Waals surface area contributed by atoms with E-state index in [1.54, 1.807) is 0 Å². The van der Waals surface area contributed by atoms with Crippen LogP contribution in [0.15, 0.2) is 29.6 Å². The Balaban J connectivity index is 1.93. The molecule has 0 saturated carbocycles. The van der Waals surface area contributed by atoms with Crippen molar-refractivity contribution in [2.24, 2.45) is 0 Å². The fourth-order valence-electron chi connectivity index (χ4n) is 3.16. The minimum atomic E-state index is -0.454. The van der Waals surface area contributed by atoms with E-state index in [0.29, 0.717) is 29.5 Å². The van der Waals surface area contributed by atoms with Gasteiger partial charge in [-0.15, -0.1) is 11.3 Å². The van der Waals surface area contributed by atoms with Gasteiger partial charge >= 0.3 is 5.97 Å². The molecule has 1 aliphatic heterocycles. The van der Waals surface area contributed by atoms with Crippen LogP contribution in [0.3, 0.4) is 0 Å². The van der Waals surface area contributed by atoms with Gasteiger partial charge < -0.3 is 14.8 Å². The van der Waals surface area contributed by atoms with Crippen molar-refractivity contribution in [2.45, 2.75) is 58.7 Å². The Bertz CT molecular complexity index is 833. The molecule has 0 aliphatic carbocycles. The Morgan fingerprint density at radius 3 is 2.46 bits per heavy atom. The zero-order valence-electron chi connectivity index (χ0n) is 16.8. The molecule has 0 unspecified atom stereocenters. The number of hydrogen-bond donors (Lipinski definition) is 1. The Morgan fingerprint density at radius 2 is 1.89 bits per heavy atom. The first-order valence-electron chi connectivity index (χ1n) is 9.72. The smallest absolute Gasteiger partial charge is 0.342 e. The fourth-order valence-corrected chi connectivity index (χ4v) is 4.12. The van der Waals surface area contributed by atoms with E-state index in [9.17, 15) is 9.59 Å². The molecular weight excluding hydrogens is 374 g/mol. The van der Waals surface area contributed by atoms with Crippen LogP contribution in [-0.4, -0.2) is 30.7 Å². The van der Waals surface area contributed by atoms with Crippen molar-refractivity contribution in [3.8, 4) is 11.1 Å². The van der Waals surface area contributed by atoms with Gasteiger partial charge in [0.2, 0.25) is 0 Å². The number of carbonyl (C=O) groups is 2. The highest BCUT2D eigenvalue weighted by Gasteiger charge is 2.28. The molecule has 0 radical (unpaired) electrons. The lowest BCUT2D eigenvalue weighted by molar-refractivity contribution is -0.124. The number of hydrogen-bond acceptors (Lipinski definition) is 5. The number of amides is 1. The summed E-state index contributed by atoms with van der Waals surface area (Å²) in [4.78, 5) is 25.3. The Labute approximate surface area is 170 Å². The molecule has 1 saturated heterocycles. The van der Waals surface area contributed by atoms with Gasteiger partial charge in [0.1, 0.15) is 16.7 Å². The van der Waals surface area contributed by atoms with Gasteiger partial charge in [0, 0.05) is 17.6 Å². The second-order valence-electron chi connectivity index (χ2n) is 7.58. The summed E-state index contributed by atoms with van der Waals surface area (Å²) in [5.74, 6) is -0.204. The normalized spacial score (nSPS) is 16.6. The molecular formula is C22H27NO4S. The lowest BCUT2D eigenvalue weighted by atomic mass is 9.98. The summed E-state index contributed by atoms with van der Waals surface area (Å²) in [5, 5.41) is 5.28. The van der Waals surface area contributed by atoms with Crippen LogP contribution in [0.4, 0.5) is 5.00 Å². The number of benzene rings is 1. The molecule has 1 fully saturated rings. The Kier molecular flexibility index (Phi) is 6.52. The summed E-state index contributed by atoms with van der Waals surface area (Å²) in [5.41, 5.74) is 3.34. The average Bonchev–Trinajstić information content (AvgIpc) is 3.31. The number of ether oxygens (including phenoxy) is 2. The van der Waals surface area contributed by atoms with Crippen molar-refractivity contribution >= 4 is 28.2 Å². The van der Waals surface area contributed by atoms with Crippen molar-refractivity contribution in [2.75, 3.05) is 11.9 Å². The summed E-state index contributed by atoms with van der Waals surface area (Å²) in [7, 11) is 0. The second kappa shape index (κ2) is 8.88. The van der Waals surface area contributed by atoms with Crippen molar-refractivity contribution < 1.29 is 19.1 Å².